The van der Waals surface area contributed by atoms with Crippen LogP contribution in [0.4, 0.5) is 0 Å². The highest BCUT2D eigenvalue weighted by Gasteiger charge is 2.33. The van der Waals surface area contributed by atoms with Crippen molar-refractivity contribution in [3.05, 3.63) is 29.3 Å². The van der Waals surface area contributed by atoms with Crippen molar-refractivity contribution >= 4 is 5.91 Å². The van der Waals surface area contributed by atoms with E-state index in [0.717, 1.165) is 11.3 Å². The average molecular weight is 263 g/mol. The van der Waals surface area contributed by atoms with E-state index in [1.807, 2.05) is 32.0 Å². The van der Waals surface area contributed by atoms with Crippen LogP contribution in [0.3, 0.4) is 0 Å². The number of aryl methyl sites for hydroxylation is 2. The van der Waals surface area contributed by atoms with Crippen LogP contribution in [0, 0.1) is 19.3 Å². The number of hydrogen-bond acceptors (Lipinski definition) is 3. The molecule has 4 heteroatoms. The maximum absolute atomic E-state index is 11.7. The van der Waals surface area contributed by atoms with E-state index in [1.54, 1.807) is 0 Å². The molecular weight excluding hydrogens is 242 g/mol. The fourth-order valence-corrected chi connectivity index (χ4v) is 2.02. The van der Waals surface area contributed by atoms with Crippen molar-refractivity contribution in [3.63, 3.8) is 0 Å². The normalized spacial score (nSPS) is 16.6. The fraction of sp³-hybridized carbons (Fsp3) is 0.533. The van der Waals surface area contributed by atoms with Gasteiger partial charge in [-0.1, -0.05) is 24.6 Å². The first-order valence-corrected chi connectivity index (χ1v) is 6.53. The number of benzene rings is 1. The van der Waals surface area contributed by atoms with E-state index in [2.05, 4.69) is 12.2 Å². The summed E-state index contributed by atoms with van der Waals surface area (Å²) < 4.78 is 10.7. The Morgan fingerprint density at radius 3 is 2.74 bits per heavy atom. The molecule has 0 unspecified atom stereocenters. The van der Waals surface area contributed by atoms with E-state index < -0.39 is 0 Å². The van der Waals surface area contributed by atoms with E-state index >= 15 is 0 Å². The van der Waals surface area contributed by atoms with Crippen molar-refractivity contribution in [2.45, 2.75) is 20.8 Å². The second kappa shape index (κ2) is 5.61. The van der Waals surface area contributed by atoms with Gasteiger partial charge < -0.3 is 14.8 Å². The second-order valence-corrected chi connectivity index (χ2v) is 5.64. The van der Waals surface area contributed by atoms with Gasteiger partial charge in [-0.15, -0.1) is 0 Å². The summed E-state index contributed by atoms with van der Waals surface area (Å²) in [4.78, 5) is 11.7. The van der Waals surface area contributed by atoms with Crippen molar-refractivity contribution < 1.29 is 14.3 Å². The van der Waals surface area contributed by atoms with Crippen molar-refractivity contribution in [2.75, 3.05) is 26.4 Å². The molecule has 104 valence electrons. The standard InChI is InChI=1S/C15H21NO3/c1-11-4-5-13(12(2)6-11)19-7-14(17)16-8-15(3)9-18-10-15/h4-6H,7-10H2,1-3H3,(H,16,17). The van der Waals surface area contributed by atoms with Gasteiger partial charge in [-0.3, -0.25) is 4.79 Å². The summed E-state index contributed by atoms with van der Waals surface area (Å²) in [6, 6.07) is 5.92. The van der Waals surface area contributed by atoms with Gasteiger partial charge in [-0.25, -0.2) is 0 Å². The molecule has 1 heterocycles. The van der Waals surface area contributed by atoms with Crippen LogP contribution in [0.15, 0.2) is 18.2 Å². The minimum absolute atomic E-state index is 0.0564. The van der Waals surface area contributed by atoms with Crippen LogP contribution in [-0.2, 0) is 9.53 Å². The summed E-state index contributed by atoms with van der Waals surface area (Å²) in [5, 5.41) is 2.88. The van der Waals surface area contributed by atoms with Crippen LogP contribution in [0.2, 0.25) is 0 Å². The van der Waals surface area contributed by atoms with E-state index in [1.165, 1.54) is 5.56 Å². The van der Waals surface area contributed by atoms with Crippen LogP contribution >= 0.6 is 0 Å². The van der Waals surface area contributed by atoms with Crippen LogP contribution < -0.4 is 10.1 Å². The number of hydrogen-bond donors (Lipinski definition) is 1. The predicted molar refractivity (Wildman–Crippen MR) is 73.3 cm³/mol. The molecule has 19 heavy (non-hydrogen) atoms. The molecule has 0 bridgehead atoms. The molecular formula is C15H21NO3. The maximum atomic E-state index is 11.7. The molecule has 0 radical (unpaired) electrons. The summed E-state index contributed by atoms with van der Waals surface area (Å²) in [5.41, 5.74) is 2.33. The lowest BCUT2D eigenvalue weighted by molar-refractivity contribution is -0.128. The Balaban J connectivity index is 1.76. The average Bonchev–Trinajstić information content (AvgIpc) is 2.33. The van der Waals surface area contributed by atoms with Gasteiger partial charge in [0, 0.05) is 12.0 Å². The molecule has 1 N–H and O–H groups in total. The fourth-order valence-electron chi connectivity index (χ4n) is 2.02. The van der Waals surface area contributed by atoms with Crippen LogP contribution in [-0.4, -0.2) is 32.3 Å². The first-order chi connectivity index (χ1) is 8.98. The molecule has 1 aromatic rings. The zero-order valence-electron chi connectivity index (χ0n) is 11.8. The van der Waals surface area contributed by atoms with Crippen molar-refractivity contribution in [1.29, 1.82) is 0 Å². The predicted octanol–water partition coefficient (Wildman–Crippen LogP) is 1.83. The molecule has 4 nitrogen and oxygen atoms in total. The second-order valence-electron chi connectivity index (χ2n) is 5.64. The first kappa shape index (κ1) is 13.9. The number of carbonyl (C=O) groups excluding carboxylic acids is 1. The van der Waals surface area contributed by atoms with Crippen LogP contribution in [0.25, 0.3) is 0 Å². The summed E-state index contributed by atoms with van der Waals surface area (Å²) >= 11 is 0. The molecule has 0 aromatic heterocycles. The third-order valence-corrected chi connectivity index (χ3v) is 3.30. The zero-order chi connectivity index (χ0) is 13.9. The number of ether oxygens (including phenoxy) is 2. The number of carbonyl (C=O) groups is 1. The summed E-state index contributed by atoms with van der Waals surface area (Å²) in [6.07, 6.45) is 0. The van der Waals surface area contributed by atoms with E-state index in [4.69, 9.17) is 9.47 Å². The van der Waals surface area contributed by atoms with Gasteiger partial charge in [0.15, 0.2) is 6.61 Å². The molecule has 1 saturated heterocycles. The Bertz CT molecular complexity index is 466. The van der Waals surface area contributed by atoms with Gasteiger partial charge in [-0.05, 0) is 25.5 Å². The van der Waals surface area contributed by atoms with Crippen molar-refractivity contribution in [2.24, 2.45) is 5.41 Å². The third-order valence-electron chi connectivity index (χ3n) is 3.30. The monoisotopic (exact) mass is 263 g/mol. The highest BCUT2D eigenvalue weighted by atomic mass is 16.5. The minimum atomic E-state index is -0.0897. The molecule has 1 aliphatic heterocycles. The number of nitrogens with one attached hydrogen (secondary N) is 1. The minimum Gasteiger partial charge on any atom is -0.484 e. The van der Waals surface area contributed by atoms with E-state index in [9.17, 15) is 4.79 Å². The summed E-state index contributed by atoms with van der Waals surface area (Å²) in [6.45, 7) is 8.24. The molecule has 1 fully saturated rings. The molecule has 1 aliphatic rings. The lowest BCUT2D eigenvalue weighted by Crippen LogP contribution is -2.49. The van der Waals surface area contributed by atoms with Crippen LogP contribution in [0.5, 0.6) is 5.75 Å². The van der Waals surface area contributed by atoms with E-state index in [0.29, 0.717) is 19.8 Å². The summed E-state index contributed by atoms with van der Waals surface area (Å²) in [7, 11) is 0. The van der Waals surface area contributed by atoms with Crippen molar-refractivity contribution in [3.8, 4) is 5.75 Å². The van der Waals surface area contributed by atoms with Gasteiger partial charge in [0.05, 0.1) is 13.2 Å². The van der Waals surface area contributed by atoms with Gasteiger partial charge in [0.25, 0.3) is 5.91 Å². The SMILES string of the molecule is Cc1ccc(OCC(=O)NCC2(C)COC2)c(C)c1. The maximum Gasteiger partial charge on any atom is 0.257 e. The molecule has 1 amide bonds. The lowest BCUT2D eigenvalue weighted by atomic mass is 9.89. The van der Waals surface area contributed by atoms with Crippen molar-refractivity contribution in [1.82, 2.24) is 5.32 Å². The molecule has 0 aliphatic carbocycles. The van der Waals surface area contributed by atoms with E-state index in [-0.39, 0.29) is 17.9 Å². The molecule has 0 saturated carbocycles. The lowest BCUT2D eigenvalue weighted by Gasteiger charge is -2.37. The Hall–Kier alpha value is -1.55. The first-order valence-electron chi connectivity index (χ1n) is 6.53. The topological polar surface area (TPSA) is 47.6 Å². The Labute approximate surface area is 114 Å². The quantitative estimate of drug-likeness (QED) is 0.881. The molecule has 0 atom stereocenters. The van der Waals surface area contributed by atoms with Gasteiger partial charge in [0.1, 0.15) is 5.75 Å². The van der Waals surface area contributed by atoms with Gasteiger partial charge in [-0.2, -0.15) is 0 Å². The molecule has 2 rings (SSSR count). The molecule has 0 spiro atoms. The number of rotatable bonds is 5. The highest BCUT2D eigenvalue weighted by Crippen LogP contribution is 2.25. The Kier molecular flexibility index (Phi) is 4.10. The largest absolute Gasteiger partial charge is 0.484 e. The zero-order valence-corrected chi connectivity index (χ0v) is 11.8. The smallest absolute Gasteiger partial charge is 0.257 e. The van der Waals surface area contributed by atoms with Gasteiger partial charge in [0.2, 0.25) is 0 Å². The van der Waals surface area contributed by atoms with Gasteiger partial charge >= 0.3 is 0 Å². The Morgan fingerprint density at radius 1 is 1.42 bits per heavy atom. The highest BCUT2D eigenvalue weighted by molar-refractivity contribution is 5.77. The van der Waals surface area contributed by atoms with Crippen LogP contribution in [0.1, 0.15) is 18.1 Å². The summed E-state index contributed by atoms with van der Waals surface area (Å²) in [5.74, 6) is 0.673. The Morgan fingerprint density at radius 2 is 2.16 bits per heavy atom. The third kappa shape index (κ3) is 3.70. The number of amides is 1. The molecule has 1 aromatic carbocycles.